The van der Waals surface area contributed by atoms with Gasteiger partial charge in [0.05, 0.1) is 23.2 Å². The molecule has 0 unspecified atom stereocenters. The second-order valence-electron chi connectivity index (χ2n) is 7.27. The van der Waals surface area contributed by atoms with Crippen molar-refractivity contribution >= 4 is 37.5 Å². The Morgan fingerprint density at radius 1 is 1.17 bits per heavy atom. The molecule has 0 radical (unpaired) electrons. The lowest BCUT2D eigenvalue weighted by Gasteiger charge is -2.16. The summed E-state index contributed by atoms with van der Waals surface area (Å²) in [6, 6.07) is 12.0. The molecule has 0 bridgehead atoms. The number of rotatable bonds is 7. The van der Waals surface area contributed by atoms with E-state index in [1.54, 1.807) is 12.1 Å². The van der Waals surface area contributed by atoms with E-state index in [2.05, 4.69) is 21.2 Å². The predicted octanol–water partition coefficient (Wildman–Crippen LogP) is 4.41. The minimum atomic E-state index is -3.59. The van der Waals surface area contributed by atoms with Gasteiger partial charge in [-0.15, -0.1) is 0 Å². The molecule has 0 saturated carbocycles. The SMILES string of the molecule is CC(C)OCc1cccc(NC(=O)c2cc(S(=O)(=O)N3CCCC3)ccc2Br)c1. The first kappa shape index (κ1) is 22.0. The minimum Gasteiger partial charge on any atom is -0.374 e. The van der Waals surface area contributed by atoms with Gasteiger partial charge in [-0.1, -0.05) is 12.1 Å². The van der Waals surface area contributed by atoms with Gasteiger partial charge in [-0.2, -0.15) is 4.31 Å². The quantitative estimate of drug-likeness (QED) is 0.636. The van der Waals surface area contributed by atoms with E-state index in [-0.39, 0.29) is 22.5 Å². The van der Waals surface area contributed by atoms with Crippen LogP contribution in [0.4, 0.5) is 5.69 Å². The fourth-order valence-corrected chi connectivity index (χ4v) is 5.09. The van der Waals surface area contributed by atoms with E-state index in [4.69, 9.17) is 4.74 Å². The number of halogens is 1. The van der Waals surface area contributed by atoms with Crippen LogP contribution in [0.2, 0.25) is 0 Å². The van der Waals surface area contributed by atoms with Gasteiger partial charge in [0.25, 0.3) is 5.91 Å². The maximum atomic E-state index is 12.8. The summed E-state index contributed by atoms with van der Waals surface area (Å²) in [5, 5.41) is 2.84. The molecule has 6 nitrogen and oxygen atoms in total. The number of ether oxygens (including phenoxy) is 1. The molecule has 2 aromatic carbocycles. The molecule has 1 fully saturated rings. The standard InChI is InChI=1S/C21H25BrN2O4S/c1-15(2)28-14-16-6-5-7-17(12-16)23-21(25)19-13-18(8-9-20(19)22)29(26,27)24-10-3-4-11-24/h5-9,12-13,15H,3-4,10-11,14H2,1-2H3,(H,23,25). The van der Waals surface area contributed by atoms with Crippen molar-refractivity contribution in [2.75, 3.05) is 18.4 Å². The number of hydrogen-bond donors (Lipinski definition) is 1. The Morgan fingerprint density at radius 2 is 1.90 bits per heavy atom. The predicted molar refractivity (Wildman–Crippen MR) is 116 cm³/mol. The summed E-state index contributed by atoms with van der Waals surface area (Å²) >= 11 is 3.36. The molecule has 1 saturated heterocycles. The van der Waals surface area contributed by atoms with Crippen LogP contribution in [0, 0.1) is 0 Å². The van der Waals surface area contributed by atoms with Gasteiger partial charge >= 0.3 is 0 Å². The van der Waals surface area contributed by atoms with Crippen molar-refractivity contribution in [3.8, 4) is 0 Å². The number of carbonyl (C=O) groups is 1. The van der Waals surface area contributed by atoms with E-state index < -0.39 is 10.0 Å². The van der Waals surface area contributed by atoms with Crippen LogP contribution < -0.4 is 5.32 Å². The van der Waals surface area contributed by atoms with E-state index in [9.17, 15) is 13.2 Å². The van der Waals surface area contributed by atoms with Crippen molar-refractivity contribution < 1.29 is 17.9 Å². The number of nitrogens with zero attached hydrogens (tertiary/aromatic N) is 1. The van der Waals surface area contributed by atoms with E-state index >= 15 is 0 Å². The van der Waals surface area contributed by atoms with Crippen LogP contribution in [-0.2, 0) is 21.4 Å². The maximum Gasteiger partial charge on any atom is 0.256 e. The average molecular weight is 481 g/mol. The molecule has 2 aromatic rings. The Labute approximate surface area is 180 Å². The van der Waals surface area contributed by atoms with Gasteiger partial charge in [-0.3, -0.25) is 4.79 Å². The molecular weight excluding hydrogens is 456 g/mol. The summed E-state index contributed by atoms with van der Waals surface area (Å²) in [4.78, 5) is 13.0. The van der Waals surface area contributed by atoms with Gasteiger partial charge in [0.2, 0.25) is 10.0 Å². The molecule has 1 amide bonds. The summed E-state index contributed by atoms with van der Waals surface area (Å²) in [5.41, 5.74) is 1.84. The highest BCUT2D eigenvalue weighted by Gasteiger charge is 2.28. The third kappa shape index (κ3) is 5.45. The summed E-state index contributed by atoms with van der Waals surface area (Å²) < 4.78 is 33.2. The first-order chi connectivity index (χ1) is 13.8. The highest BCUT2D eigenvalue weighted by atomic mass is 79.9. The number of nitrogens with one attached hydrogen (secondary N) is 1. The van der Waals surface area contributed by atoms with Crippen molar-refractivity contribution in [1.29, 1.82) is 0 Å². The lowest BCUT2D eigenvalue weighted by atomic mass is 10.2. The molecule has 3 rings (SSSR count). The van der Waals surface area contributed by atoms with Crippen LogP contribution in [0.15, 0.2) is 51.8 Å². The largest absolute Gasteiger partial charge is 0.374 e. The Bertz CT molecular complexity index is 986. The second-order valence-corrected chi connectivity index (χ2v) is 10.1. The van der Waals surface area contributed by atoms with Crippen LogP contribution >= 0.6 is 15.9 Å². The lowest BCUT2D eigenvalue weighted by molar-refractivity contribution is 0.0657. The molecule has 0 atom stereocenters. The van der Waals surface area contributed by atoms with Crippen LogP contribution in [0.3, 0.4) is 0 Å². The average Bonchev–Trinajstić information content (AvgIpc) is 3.22. The third-order valence-electron chi connectivity index (χ3n) is 4.65. The lowest BCUT2D eigenvalue weighted by Crippen LogP contribution is -2.28. The second kappa shape index (κ2) is 9.38. The summed E-state index contributed by atoms with van der Waals surface area (Å²) in [7, 11) is -3.59. The number of benzene rings is 2. The van der Waals surface area contributed by atoms with Crippen molar-refractivity contribution in [3.05, 3.63) is 58.1 Å². The van der Waals surface area contributed by atoms with E-state index in [1.165, 1.54) is 16.4 Å². The molecule has 1 N–H and O–H groups in total. The third-order valence-corrected chi connectivity index (χ3v) is 7.24. The first-order valence-electron chi connectivity index (χ1n) is 9.59. The molecule has 0 spiro atoms. The fourth-order valence-electron chi connectivity index (χ4n) is 3.12. The number of sulfonamides is 1. The Kier molecular flexibility index (Phi) is 7.10. The van der Waals surface area contributed by atoms with Gasteiger partial charge in [-0.25, -0.2) is 8.42 Å². The molecule has 29 heavy (non-hydrogen) atoms. The van der Waals surface area contributed by atoms with Crippen LogP contribution in [-0.4, -0.2) is 37.8 Å². The zero-order valence-corrected chi connectivity index (χ0v) is 18.9. The number of anilines is 1. The Morgan fingerprint density at radius 3 is 2.59 bits per heavy atom. The monoisotopic (exact) mass is 480 g/mol. The number of hydrogen-bond acceptors (Lipinski definition) is 4. The van der Waals surface area contributed by atoms with Crippen molar-refractivity contribution in [2.45, 2.75) is 44.3 Å². The van der Waals surface area contributed by atoms with Crippen LogP contribution in [0.1, 0.15) is 42.6 Å². The smallest absolute Gasteiger partial charge is 0.256 e. The van der Waals surface area contributed by atoms with E-state index in [0.717, 1.165) is 18.4 Å². The van der Waals surface area contributed by atoms with E-state index in [1.807, 2.05) is 32.0 Å². The number of amides is 1. The fraction of sp³-hybridized carbons (Fsp3) is 0.381. The first-order valence-corrected chi connectivity index (χ1v) is 11.8. The topological polar surface area (TPSA) is 75.7 Å². The zero-order valence-electron chi connectivity index (χ0n) is 16.5. The van der Waals surface area contributed by atoms with Gasteiger partial charge < -0.3 is 10.1 Å². The van der Waals surface area contributed by atoms with E-state index in [0.29, 0.717) is 29.9 Å². The molecule has 156 valence electrons. The summed E-state index contributed by atoms with van der Waals surface area (Å²) in [6.07, 6.45) is 1.84. The molecule has 8 heteroatoms. The highest BCUT2D eigenvalue weighted by Crippen LogP contribution is 2.26. The summed E-state index contributed by atoms with van der Waals surface area (Å²) in [5.74, 6) is -0.378. The van der Waals surface area contributed by atoms with Crippen molar-refractivity contribution in [3.63, 3.8) is 0 Å². The molecule has 0 aliphatic carbocycles. The molecule has 0 aromatic heterocycles. The van der Waals surface area contributed by atoms with Gasteiger partial charge in [0.1, 0.15) is 0 Å². The summed E-state index contributed by atoms with van der Waals surface area (Å²) in [6.45, 7) is 5.42. The zero-order chi connectivity index (χ0) is 21.0. The Balaban J connectivity index is 1.80. The maximum absolute atomic E-state index is 12.8. The molecular formula is C21H25BrN2O4S. The van der Waals surface area contributed by atoms with Gasteiger partial charge in [0.15, 0.2) is 0 Å². The van der Waals surface area contributed by atoms with Crippen LogP contribution in [0.5, 0.6) is 0 Å². The Hall–Kier alpha value is -1.74. The minimum absolute atomic E-state index is 0.115. The van der Waals surface area contributed by atoms with Gasteiger partial charge in [-0.05, 0) is 78.5 Å². The van der Waals surface area contributed by atoms with Crippen molar-refractivity contribution in [2.24, 2.45) is 0 Å². The van der Waals surface area contributed by atoms with Crippen molar-refractivity contribution in [1.82, 2.24) is 4.31 Å². The highest BCUT2D eigenvalue weighted by molar-refractivity contribution is 9.10. The van der Waals surface area contributed by atoms with Crippen LogP contribution in [0.25, 0.3) is 0 Å². The normalized spacial score (nSPS) is 15.0. The molecule has 1 aliphatic rings. The molecule has 1 heterocycles. The molecule has 1 aliphatic heterocycles. The van der Waals surface area contributed by atoms with Gasteiger partial charge in [0, 0.05) is 23.2 Å². The number of carbonyl (C=O) groups excluding carboxylic acids is 1.